The zero-order valence-electron chi connectivity index (χ0n) is 13.5. The lowest BCUT2D eigenvalue weighted by molar-refractivity contribution is 0.476. The third kappa shape index (κ3) is 2.65. The third-order valence-electron chi connectivity index (χ3n) is 4.23. The lowest BCUT2D eigenvalue weighted by atomic mass is 10.1. The maximum absolute atomic E-state index is 9.90. The second-order valence-corrected chi connectivity index (χ2v) is 6.05. The van der Waals surface area contributed by atoms with E-state index in [4.69, 9.17) is 4.98 Å². The van der Waals surface area contributed by atoms with Crippen LogP contribution in [0.25, 0.3) is 22.4 Å². The third-order valence-corrected chi connectivity index (χ3v) is 4.23. The number of imidazole rings is 1. The molecule has 3 aromatic carbocycles. The van der Waals surface area contributed by atoms with Gasteiger partial charge in [0.2, 0.25) is 0 Å². The molecule has 0 aliphatic heterocycles. The number of aromatic hydroxyl groups is 1. The highest BCUT2D eigenvalue weighted by Crippen LogP contribution is 2.28. The summed E-state index contributed by atoms with van der Waals surface area (Å²) < 4.78 is 2.16. The molecule has 118 valence electrons. The largest absolute Gasteiger partial charge is 0.508 e. The van der Waals surface area contributed by atoms with E-state index in [0.29, 0.717) is 6.54 Å². The van der Waals surface area contributed by atoms with Crippen LogP contribution in [0.3, 0.4) is 0 Å². The zero-order valence-corrected chi connectivity index (χ0v) is 13.5. The fourth-order valence-corrected chi connectivity index (χ4v) is 2.96. The summed E-state index contributed by atoms with van der Waals surface area (Å²) in [6.07, 6.45) is 0. The summed E-state index contributed by atoms with van der Waals surface area (Å²) >= 11 is 0. The van der Waals surface area contributed by atoms with Crippen LogP contribution in [0.4, 0.5) is 0 Å². The van der Waals surface area contributed by atoms with Crippen molar-refractivity contribution in [1.29, 1.82) is 0 Å². The summed E-state index contributed by atoms with van der Waals surface area (Å²) in [5.41, 5.74) is 5.33. The van der Waals surface area contributed by atoms with E-state index in [1.165, 1.54) is 11.1 Å². The SMILES string of the molecule is Cc1ccc(-c2nc3ccc(O)cc3n2Cc2ccccc2)cc1. The number of hydrogen-bond donors (Lipinski definition) is 1. The summed E-state index contributed by atoms with van der Waals surface area (Å²) in [4.78, 5) is 4.80. The number of aromatic nitrogens is 2. The van der Waals surface area contributed by atoms with Crippen molar-refractivity contribution in [2.24, 2.45) is 0 Å². The van der Waals surface area contributed by atoms with Gasteiger partial charge >= 0.3 is 0 Å². The lowest BCUT2D eigenvalue weighted by Crippen LogP contribution is -2.02. The van der Waals surface area contributed by atoms with Crippen molar-refractivity contribution in [2.45, 2.75) is 13.5 Å². The van der Waals surface area contributed by atoms with Crippen LogP contribution in [0, 0.1) is 6.92 Å². The Balaban J connectivity index is 1.91. The first-order valence-corrected chi connectivity index (χ1v) is 8.01. The molecule has 0 unspecified atom stereocenters. The number of nitrogens with zero attached hydrogens (tertiary/aromatic N) is 2. The second-order valence-electron chi connectivity index (χ2n) is 6.05. The molecule has 0 saturated carbocycles. The summed E-state index contributed by atoms with van der Waals surface area (Å²) in [7, 11) is 0. The van der Waals surface area contributed by atoms with E-state index in [2.05, 4.69) is 47.9 Å². The predicted octanol–water partition coefficient (Wildman–Crippen LogP) is 4.77. The van der Waals surface area contributed by atoms with E-state index >= 15 is 0 Å². The molecule has 4 rings (SSSR count). The Labute approximate surface area is 140 Å². The van der Waals surface area contributed by atoms with Gasteiger partial charge in [0.05, 0.1) is 11.0 Å². The number of rotatable bonds is 3. The Morgan fingerprint density at radius 3 is 2.42 bits per heavy atom. The van der Waals surface area contributed by atoms with Crippen molar-refractivity contribution in [3.05, 3.63) is 83.9 Å². The van der Waals surface area contributed by atoms with Crippen LogP contribution in [0.15, 0.2) is 72.8 Å². The van der Waals surface area contributed by atoms with Gasteiger partial charge in [-0.3, -0.25) is 0 Å². The Morgan fingerprint density at radius 2 is 1.67 bits per heavy atom. The summed E-state index contributed by atoms with van der Waals surface area (Å²) in [5.74, 6) is 1.17. The first-order chi connectivity index (χ1) is 11.7. The van der Waals surface area contributed by atoms with Crippen molar-refractivity contribution in [2.75, 3.05) is 0 Å². The minimum absolute atomic E-state index is 0.257. The minimum Gasteiger partial charge on any atom is -0.508 e. The van der Waals surface area contributed by atoms with Crippen molar-refractivity contribution in [1.82, 2.24) is 9.55 Å². The van der Waals surface area contributed by atoms with E-state index in [9.17, 15) is 5.11 Å². The first kappa shape index (κ1) is 14.5. The standard InChI is InChI=1S/C21H18N2O/c1-15-7-9-17(10-8-15)21-22-19-12-11-18(24)13-20(19)23(21)14-16-5-3-2-4-6-16/h2-13,24H,14H2,1H3. The van der Waals surface area contributed by atoms with Gasteiger partial charge in [-0.2, -0.15) is 0 Å². The van der Waals surface area contributed by atoms with Crippen molar-refractivity contribution in [3.8, 4) is 17.1 Å². The Kier molecular flexibility index (Phi) is 3.54. The van der Waals surface area contributed by atoms with Gasteiger partial charge in [0.15, 0.2) is 0 Å². The van der Waals surface area contributed by atoms with Crippen LogP contribution in [-0.4, -0.2) is 14.7 Å². The quantitative estimate of drug-likeness (QED) is 0.592. The van der Waals surface area contributed by atoms with Gasteiger partial charge in [-0.1, -0.05) is 60.2 Å². The molecule has 0 spiro atoms. The van der Waals surface area contributed by atoms with Crippen LogP contribution in [-0.2, 0) is 6.54 Å². The smallest absolute Gasteiger partial charge is 0.141 e. The summed E-state index contributed by atoms with van der Waals surface area (Å²) in [5, 5.41) is 9.90. The van der Waals surface area contributed by atoms with Gasteiger partial charge in [0.1, 0.15) is 11.6 Å². The normalized spacial score (nSPS) is 11.0. The molecule has 3 nitrogen and oxygen atoms in total. The molecule has 4 aromatic rings. The number of hydrogen-bond acceptors (Lipinski definition) is 2. The molecule has 1 aromatic heterocycles. The van der Waals surface area contributed by atoms with Gasteiger partial charge in [-0.25, -0.2) is 4.98 Å². The fourth-order valence-electron chi connectivity index (χ4n) is 2.96. The molecule has 1 heterocycles. The molecule has 0 amide bonds. The van der Waals surface area contributed by atoms with Gasteiger partial charge in [-0.15, -0.1) is 0 Å². The van der Waals surface area contributed by atoms with Crippen molar-refractivity contribution in [3.63, 3.8) is 0 Å². The first-order valence-electron chi connectivity index (χ1n) is 8.01. The number of fused-ring (bicyclic) bond motifs is 1. The fraction of sp³-hybridized carbons (Fsp3) is 0.0952. The average Bonchev–Trinajstić information content (AvgIpc) is 2.94. The molecule has 0 aliphatic rings. The Morgan fingerprint density at radius 1 is 0.917 bits per heavy atom. The highest BCUT2D eigenvalue weighted by Gasteiger charge is 2.13. The topological polar surface area (TPSA) is 38.1 Å². The molecule has 0 atom stereocenters. The predicted molar refractivity (Wildman–Crippen MR) is 97.1 cm³/mol. The van der Waals surface area contributed by atoms with Crippen LogP contribution < -0.4 is 0 Å². The zero-order chi connectivity index (χ0) is 16.5. The monoisotopic (exact) mass is 314 g/mol. The number of phenolic OH excluding ortho intramolecular Hbond substituents is 1. The highest BCUT2D eigenvalue weighted by molar-refractivity contribution is 5.82. The Bertz CT molecular complexity index is 986. The average molecular weight is 314 g/mol. The lowest BCUT2D eigenvalue weighted by Gasteiger charge is -2.10. The molecule has 0 radical (unpaired) electrons. The molecular weight excluding hydrogens is 296 g/mol. The van der Waals surface area contributed by atoms with E-state index in [0.717, 1.165) is 22.4 Å². The van der Waals surface area contributed by atoms with Gasteiger partial charge < -0.3 is 9.67 Å². The molecule has 0 aliphatic carbocycles. The van der Waals surface area contributed by atoms with E-state index < -0.39 is 0 Å². The highest BCUT2D eigenvalue weighted by atomic mass is 16.3. The van der Waals surface area contributed by atoms with E-state index in [1.54, 1.807) is 12.1 Å². The molecule has 0 fully saturated rings. The molecule has 0 bridgehead atoms. The number of phenols is 1. The number of aryl methyl sites for hydroxylation is 1. The van der Waals surface area contributed by atoms with Crippen LogP contribution in [0.1, 0.15) is 11.1 Å². The number of benzene rings is 3. The summed E-state index contributed by atoms with van der Waals surface area (Å²) in [6.45, 7) is 2.79. The van der Waals surface area contributed by atoms with Crippen LogP contribution in [0.5, 0.6) is 5.75 Å². The minimum atomic E-state index is 0.257. The second kappa shape index (κ2) is 5.85. The van der Waals surface area contributed by atoms with Crippen LogP contribution >= 0.6 is 0 Å². The molecule has 24 heavy (non-hydrogen) atoms. The van der Waals surface area contributed by atoms with E-state index in [1.807, 2.05) is 24.3 Å². The molecular formula is C21H18N2O. The van der Waals surface area contributed by atoms with Crippen LogP contribution in [0.2, 0.25) is 0 Å². The van der Waals surface area contributed by atoms with Gasteiger partial charge in [0.25, 0.3) is 0 Å². The van der Waals surface area contributed by atoms with Crippen molar-refractivity contribution < 1.29 is 5.11 Å². The van der Waals surface area contributed by atoms with E-state index in [-0.39, 0.29) is 5.75 Å². The summed E-state index contributed by atoms with van der Waals surface area (Å²) in [6, 6.07) is 24.0. The molecule has 1 N–H and O–H groups in total. The van der Waals surface area contributed by atoms with Gasteiger partial charge in [-0.05, 0) is 24.6 Å². The van der Waals surface area contributed by atoms with Gasteiger partial charge in [0, 0.05) is 18.2 Å². The molecule has 0 saturated heterocycles. The maximum atomic E-state index is 9.90. The molecule has 3 heteroatoms. The van der Waals surface area contributed by atoms with Crippen molar-refractivity contribution >= 4 is 11.0 Å². The maximum Gasteiger partial charge on any atom is 0.141 e. The Hall–Kier alpha value is -3.07.